The summed E-state index contributed by atoms with van der Waals surface area (Å²) in [6.07, 6.45) is 5.25. The molecule has 3 unspecified atom stereocenters. The number of nitrogens with zero attached hydrogens (tertiary/aromatic N) is 1. The number of nitrogens with one attached hydrogen (secondary N) is 1. The van der Waals surface area contributed by atoms with Gasteiger partial charge in [-0.3, -0.25) is 9.59 Å². The first-order chi connectivity index (χ1) is 9.79. The molecule has 1 aliphatic heterocycles. The quantitative estimate of drug-likeness (QED) is 0.847. The summed E-state index contributed by atoms with van der Waals surface area (Å²) in [6.45, 7) is 10.2. The molecule has 2 rings (SSSR count). The van der Waals surface area contributed by atoms with Crippen molar-refractivity contribution >= 4 is 11.8 Å². The Hall–Kier alpha value is -1.06. The number of carbonyl (C=O) groups is 2. The van der Waals surface area contributed by atoms with Gasteiger partial charge in [-0.2, -0.15) is 0 Å². The molecule has 4 nitrogen and oxygen atoms in total. The summed E-state index contributed by atoms with van der Waals surface area (Å²) >= 11 is 0. The van der Waals surface area contributed by atoms with Crippen molar-refractivity contribution in [2.45, 2.75) is 84.8 Å². The molecule has 21 heavy (non-hydrogen) atoms. The molecule has 4 heteroatoms. The zero-order chi connectivity index (χ0) is 15.8. The van der Waals surface area contributed by atoms with Gasteiger partial charge in [0.15, 0.2) is 0 Å². The fourth-order valence-corrected chi connectivity index (χ4v) is 3.35. The highest BCUT2D eigenvalue weighted by Gasteiger charge is 2.47. The third-order valence-corrected chi connectivity index (χ3v) is 4.85. The van der Waals surface area contributed by atoms with E-state index >= 15 is 0 Å². The Balaban J connectivity index is 2.26. The Morgan fingerprint density at radius 3 is 2.29 bits per heavy atom. The normalized spacial score (nSPS) is 28.5. The molecule has 1 saturated carbocycles. The lowest BCUT2D eigenvalue weighted by Gasteiger charge is -2.46. The number of amides is 2. The molecule has 0 spiro atoms. The smallest absolute Gasteiger partial charge is 0.246 e. The molecular formula is C17H30N2O2. The first kappa shape index (κ1) is 16.3. The Bertz CT molecular complexity index is 410. The lowest BCUT2D eigenvalue weighted by atomic mass is 9.82. The molecule has 0 bridgehead atoms. The lowest BCUT2D eigenvalue weighted by molar-refractivity contribution is -0.155. The van der Waals surface area contributed by atoms with Gasteiger partial charge < -0.3 is 10.2 Å². The summed E-state index contributed by atoms with van der Waals surface area (Å²) in [5.74, 6) is 0.894. The van der Waals surface area contributed by atoms with E-state index in [9.17, 15) is 9.59 Å². The Kier molecular flexibility index (Phi) is 4.64. The third kappa shape index (κ3) is 3.41. The zero-order valence-corrected chi connectivity index (χ0v) is 14.1. The predicted molar refractivity (Wildman–Crippen MR) is 83.7 cm³/mol. The number of hydrogen-bond donors (Lipinski definition) is 1. The van der Waals surface area contributed by atoms with Crippen molar-refractivity contribution in [2.75, 3.05) is 0 Å². The van der Waals surface area contributed by atoms with E-state index in [1.807, 2.05) is 32.6 Å². The van der Waals surface area contributed by atoms with E-state index in [0.717, 1.165) is 18.8 Å². The van der Waals surface area contributed by atoms with Gasteiger partial charge in [-0.15, -0.1) is 0 Å². The molecule has 2 fully saturated rings. The van der Waals surface area contributed by atoms with Crippen molar-refractivity contribution in [1.29, 1.82) is 0 Å². The molecule has 2 amide bonds. The van der Waals surface area contributed by atoms with Gasteiger partial charge in [-0.05, 0) is 30.6 Å². The number of rotatable bonds is 5. The molecule has 120 valence electrons. The van der Waals surface area contributed by atoms with Crippen molar-refractivity contribution in [3.63, 3.8) is 0 Å². The second-order valence-corrected chi connectivity index (χ2v) is 7.72. The van der Waals surface area contributed by atoms with Crippen LogP contribution < -0.4 is 5.32 Å². The van der Waals surface area contributed by atoms with Gasteiger partial charge in [0, 0.05) is 6.04 Å². The van der Waals surface area contributed by atoms with Crippen molar-refractivity contribution in [3.05, 3.63) is 0 Å². The summed E-state index contributed by atoms with van der Waals surface area (Å²) < 4.78 is 0. The van der Waals surface area contributed by atoms with Gasteiger partial charge in [0.2, 0.25) is 11.8 Å². The van der Waals surface area contributed by atoms with Crippen LogP contribution in [0.4, 0.5) is 0 Å². The molecule has 3 atom stereocenters. The van der Waals surface area contributed by atoms with Crippen molar-refractivity contribution in [1.82, 2.24) is 10.2 Å². The Morgan fingerprint density at radius 1 is 1.24 bits per heavy atom. The third-order valence-electron chi connectivity index (χ3n) is 4.85. The summed E-state index contributed by atoms with van der Waals surface area (Å²) in [5, 5.41) is 2.95. The summed E-state index contributed by atoms with van der Waals surface area (Å²) in [5.41, 5.74) is -0.248. The average Bonchev–Trinajstić information content (AvgIpc) is 3.20. The second kappa shape index (κ2) is 5.98. The van der Waals surface area contributed by atoms with Crippen LogP contribution in [0.15, 0.2) is 0 Å². The molecule has 1 saturated heterocycles. The van der Waals surface area contributed by atoms with Crippen LogP contribution >= 0.6 is 0 Å². The standard InChI is InChI=1S/C17H30N2O2/c1-6-12(10-11-8-9-11)19-13(7-2)15(20)18-14(16(19)21)17(3,4)5/h11-14H,6-10H2,1-5H3,(H,18,20). The molecule has 0 radical (unpaired) electrons. The van der Waals surface area contributed by atoms with Crippen LogP contribution in [0.2, 0.25) is 0 Å². The van der Waals surface area contributed by atoms with Gasteiger partial charge >= 0.3 is 0 Å². The van der Waals surface area contributed by atoms with Crippen molar-refractivity contribution in [2.24, 2.45) is 11.3 Å². The molecule has 0 aromatic heterocycles. The number of carbonyl (C=O) groups excluding carboxylic acids is 2. The second-order valence-electron chi connectivity index (χ2n) is 7.72. The maximum atomic E-state index is 13.0. The molecule has 1 heterocycles. The SMILES string of the molecule is CCC(CC1CC1)N1C(=O)C(C(C)(C)C)NC(=O)C1CC. The van der Waals surface area contributed by atoms with E-state index in [2.05, 4.69) is 12.2 Å². The minimum Gasteiger partial charge on any atom is -0.342 e. The fraction of sp³-hybridized carbons (Fsp3) is 0.882. The van der Waals surface area contributed by atoms with E-state index in [1.165, 1.54) is 12.8 Å². The summed E-state index contributed by atoms with van der Waals surface area (Å²) in [7, 11) is 0. The van der Waals surface area contributed by atoms with Crippen molar-refractivity contribution in [3.8, 4) is 0 Å². The van der Waals surface area contributed by atoms with Crippen LogP contribution in [0.25, 0.3) is 0 Å². The van der Waals surface area contributed by atoms with E-state index in [0.29, 0.717) is 6.42 Å². The van der Waals surface area contributed by atoms with Crippen LogP contribution in [0.5, 0.6) is 0 Å². The van der Waals surface area contributed by atoms with Crippen LogP contribution in [0, 0.1) is 11.3 Å². The maximum absolute atomic E-state index is 13.0. The molecule has 1 aliphatic carbocycles. The topological polar surface area (TPSA) is 49.4 Å². The van der Waals surface area contributed by atoms with Gasteiger partial charge in [0.1, 0.15) is 12.1 Å². The van der Waals surface area contributed by atoms with Crippen LogP contribution in [0.3, 0.4) is 0 Å². The highest BCUT2D eigenvalue weighted by Crippen LogP contribution is 2.37. The first-order valence-corrected chi connectivity index (χ1v) is 8.42. The minimum absolute atomic E-state index is 0.0197. The molecule has 0 aromatic carbocycles. The number of hydrogen-bond acceptors (Lipinski definition) is 2. The molecule has 0 aromatic rings. The largest absolute Gasteiger partial charge is 0.342 e. The van der Waals surface area contributed by atoms with Crippen LogP contribution in [-0.4, -0.2) is 34.8 Å². The molecule has 1 N–H and O–H groups in total. The van der Waals surface area contributed by atoms with E-state index in [-0.39, 0.29) is 29.3 Å². The maximum Gasteiger partial charge on any atom is 0.246 e. The molecular weight excluding hydrogens is 264 g/mol. The highest BCUT2D eigenvalue weighted by molar-refractivity contribution is 5.97. The monoisotopic (exact) mass is 294 g/mol. The van der Waals surface area contributed by atoms with E-state index in [4.69, 9.17) is 0 Å². The predicted octanol–water partition coefficient (Wildman–Crippen LogP) is 2.72. The van der Waals surface area contributed by atoms with Crippen LogP contribution in [0.1, 0.15) is 66.7 Å². The first-order valence-electron chi connectivity index (χ1n) is 8.42. The van der Waals surface area contributed by atoms with Gasteiger partial charge in [0.25, 0.3) is 0 Å². The lowest BCUT2D eigenvalue weighted by Crippen LogP contribution is -2.68. The van der Waals surface area contributed by atoms with Crippen molar-refractivity contribution < 1.29 is 9.59 Å². The van der Waals surface area contributed by atoms with Gasteiger partial charge in [-0.25, -0.2) is 0 Å². The fourth-order valence-electron chi connectivity index (χ4n) is 3.35. The highest BCUT2D eigenvalue weighted by atomic mass is 16.2. The number of piperazine rings is 1. The van der Waals surface area contributed by atoms with Crippen LogP contribution in [-0.2, 0) is 9.59 Å². The average molecular weight is 294 g/mol. The summed E-state index contributed by atoms with van der Waals surface area (Å²) in [4.78, 5) is 27.4. The van der Waals surface area contributed by atoms with E-state index in [1.54, 1.807) is 0 Å². The summed E-state index contributed by atoms with van der Waals surface area (Å²) in [6, 6.07) is -0.480. The van der Waals surface area contributed by atoms with E-state index < -0.39 is 6.04 Å². The Morgan fingerprint density at radius 2 is 1.86 bits per heavy atom. The van der Waals surface area contributed by atoms with Gasteiger partial charge in [-0.1, -0.05) is 47.5 Å². The minimum atomic E-state index is -0.402. The Labute approximate surface area is 128 Å². The zero-order valence-electron chi connectivity index (χ0n) is 14.1. The molecule has 2 aliphatic rings. The van der Waals surface area contributed by atoms with Gasteiger partial charge in [0.05, 0.1) is 0 Å².